The zero-order valence-corrected chi connectivity index (χ0v) is 13.4. The normalized spacial score (nSPS) is 24.7. The number of nitrogens with one attached hydrogen (secondary N) is 1. The maximum atomic E-state index is 12.2. The summed E-state index contributed by atoms with van der Waals surface area (Å²) in [7, 11) is 0. The highest BCUT2D eigenvalue weighted by Crippen LogP contribution is 2.33. The average molecular weight is 303 g/mol. The zero-order chi connectivity index (χ0) is 16.2. The van der Waals surface area contributed by atoms with Crippen molar-refractivity contribution in [2.75, 3.05) is 0 Å². The van der Waals surface area contributed by atoms with Crippen molar-refractivity contribution >= 4 is 11.9 Å². The molecule has 4 nitrogen and oxygen atoms in total. The van der Waals surface area contributed by atoms with E-state index in [1.807, 2.05) is 38.1 Å². The van der Waals surface area contributed by atoms with Gasteiger partial charge in [-0.3, -0.25) is 9.59 Å². The number of hydrogen-bond donors (Lipinski definition) is 2. The summed E-state index contributed by atoms with van der Waals surface area (Å²) < 4.78 is 0. The SMILES string of the molecule is Cc1ccc(CCC(=O)NC2(C)CCCCC2C(=O)O)cc1. The Morgan fingerprint density at radius 3 is 2.59 bits per heavy atom. The molecule has 0 aliphatic heterocycles. The van der Waals surface area contributed by atoms with E-state index in [-0.39, 0.29) is 5.91 Å². The van der Waals surface area contributed by atoms with Gasteiger partial charge in [0.25, 0.3) is 0 Å². The molecule has 1 aromatic rings. The highest BCUT2D eigenvalue weighted by Gasteiger charge is 2.41. The first kappa shape index (κ1) is 16.5. The maximum absolute atomic E-state index is 12.2. The van der Waals surface area contributed by atoms with Gasteiger partial charge in [0.1, 0.15) is 0 Å². The van der Waals surface area contributed by atoms with Gasteiger partial charge in [0, 0.05) is 6.42 Å². The molecule has 1 aromatic carbocycles. The van der Waals surface area contributed by atoms with Crippen LogP contribution in [-0.2, 0) is 16.0 Å². The van der Waals surface area contributed by atoms with E-state index >= 15 is 0 Å². The van der Waals surface area contributed by atoms with Crippen LogP contribution in [0.5, 0.6) is 0 Å². The van der Waals surface area contributed by atoms with Crippen LogP contribution in [0.4, 0.5) is 0 Å². The second-order valence-electron chi connectivity index (χ2n) is 6.59. The molecular formula is C18H25NO3. The fourth-order valence-electron chi connectivity index (χ4n) is 3.27. The van der Waals surface area contributed by atoms with Gasteiger partial charge in [-0.15, -0.1) is 0 Å². The number of aryl methyl sites for hydroxylation is 2. The number of rotatable bonds is 5. The molecule has 2 N–H and O–H groups in total. The van der Waals surface area contributed by atoms with E-state index in [4.69, 9.17) is 0 Å². The summed E-state index contributed by atoms with van der Waals surface area (Å²) in [6.07, 6.45) is 4.35. The first-order valence-corrected chi connectivity index (χ1v) is 8.00. The minimum atomic E-state index is -0.805. The molecule has 1 aliphatic rings. The number of hydrogen-bond acceptors (Lipinski definition) is 2. The average Bonchev–Trinajstić information content (AvgIpc) is 2.46. The van der Waals surface area contributed by atoms with Crippen LogP contribution in [0.1, 0.15) is 50.2 Å². The molecule has 0 aromatic heterocycles. The molecule has 2 atom stereocenters. The van der Waals surface area contributed by atoms with Crippen molar-refractivity contribution in [1.29, 1.82) is 0 Å². The lowest BCUT2D eigenvalue weighted by Crippen LogP contribution is -2.55. The van der Waals surface area contributed by atoms with E-state index in [0.29, 0.717) is 19.3 Å². The minimum absolute atomic E-state index is 0.0591. The third-order valence-corrected chi connectivity index (χ3v) is 4.69. The molecule has 0 heterocycles. The van der Waals surface area contributed by atoms with Gasteiger partial charge in [-0.25, -0.2) is 0 Å². The Hall–Kier alpha value is -1.84. The minimum Gasteiger partial charge on any atom is -0.481 e. The Bertz CT molecular complexity index is 538. The van der Waals surface area contributed by atoms with Gasteiger partial charge < -0.3 is 10.4 Å². The summed E-state index contributed by atoms with van der Waals surface area (Å²) in [5, 5.41) is 12.4. The first-order valence-electron chi connectivity index (χ1n) is 8.00. The molecule has 0 radical (unpaired) electrons. The quantitative estimate of drug-likeness (QED) is 0.878. The Kier molecular flexibility index (Phi) is 5.22. The van der Waals surface area contributed by atoms with Gasteiger partial charge in [-0.2, -0.15) is 0 Å². The molecule has 0 saturated heterocycles. The van der Waals surface area contributed by atoms with Gasteiger partial charge in [-0.1, -0.05) is 42.7 Å². The monoisotopic (exact) mass is 303 g/mol. The van der Waals surface area contributed by atoms with E-state index in [1.54, 1.807) is 0 Å². The number of carboxylic acids is 1. The molecule has 1 fully saturated rings. The third kappa shape index (κ3) is 4.09. The van der Waals surface area contributed by atoms with E-state index < -0.39 is 17.4 Å². The Morgan fingerprint density at radius 2 is 1.95 bits per heavy atom. The van der Waals surface area contributed by atoms with E-state index in [1.165, 1.54) is 5.56 Å². The van der Waals surface area contributed by atoms with Crippen molar-refractivity contribution in [2.24, 2.45) is 5.92 Å². The molecule has 0 spiro atoms. The van der Waals surface area contributed by atoms with Crippen LogP contribution in [0.15, 0.2) is 24.3 Å². The standard InChI is InChI=1S/C18H25NO3/c1-13-6-8-14(9-7-13)10-11-16(20)19-18(2)12-4-3-5-15(18)17(21)22/h6-9,15H,3-5,10-12H2,1-2H3,(H,19,20)(H,21,22). The largest absolute Gasteiger partial charge is 0.481 e. The number of amides is 1. The van der Waals surface area contributed by atoms with Crippen molar-refractivity contribution in [2.45, 2.75) is 57.9 Å². The fourth-order valence-corrected chi connectivity index (χ4v) is 3.27. The second kappa shape index (κ2) is 6.95. The number of aliphatic carboxylic acids is 1. The van der Waals surface area contributed by atoms with Gasteiger partial charge in [0.2, 0.25) is 5.91 Å². The zero-order valence-electron chi connectivity index (χ0n) is 13.4. The molecule has 1 saturated carbocycles. The van der Waals surface area contributed by atoms with Crippen LogP contribution in [0.3, 0.4) is 0 Å². The molecule has 2 unspecified atom stereocenters. The van der Waals surface area contributed by atoms with Crippen molar-refractivity contribution in [3.8, 4) is 0 Å². The van der Waals surface area contributed by atoms with Gasteiger partial charge in [0.15, 0.2) is 0 Å². The molecule has 22 heavy (non-hydrogen) atoms. The van der Waals surface area contributed by atoms with Crippen LogP contribution >= 0.6 is 0 Å². The molecule has 1 aliphatic carbocycles. The third-order valence-electron chi connectivity index (χ3n) is 4.69. The maximum Gasteiger partial charge on any atom is 0.308 e. The van der Waals surface area contributed by atoms with E-state index in [0.717, 1.165) is 24.8 Å². The molecule has 1 amide bonds. The topological polar surface area (TPSA) is 66.4 Å². The first-order chi connectivity index (χ1) is 10.4. The number of carbonyl (C=O) groups excluding carboxylic acids is 1. The van der Waals surface area contributed by atoms with Crippen molar-refractivity contribution in [3.63, 3.8) is 0 Å². The van der Waals surface area contributed by atoms with Crippen molar-refractivity contribution in [3.05, 3.63) is 35.4 Å². The van der Waals surface area contributed by atoms with Gasteiger partial charge >= 0.3 is 5.97 Å². The lowest BCUT2D eigenvalue weighted by atomic mass is 9.74. The predicted molar refractivity (Wildman–Crippen MR) is 85.6 cm³/mol. The van der Waals surface area contributed by atoms with Crippen molar-refractivity contribution in [1.82, 2.24) is 5.32 Å². The highest BCUT2D eigenvalue weighted by atomic mass is 16.4. The molecule has 4 heteroatoms. The van der Waals surface area contributed by atoms with Crippen LogP contribution < -0.4 is 5.32 Å². The Labute approximate surface area is 131 Å². The fraction of sp³-hybridized carbons (Fsp3) is 0.556. The highest BCUT2D eigenvalue weighted by molar-refractivity contribution is 5.79. The predicted octanol–water partition coefficient (Wildman–Crippen LogP) is 3.08. The summed E-state index contributed by atoms with van der Waals surface area (Å²) in [5.41, 5.74) is 1.71. The van der Waals surface area contributed by atoms with Gasteiger partial charge in [0.05, 0.1) is 11.5 Å². The Morgan fingerprint density at radius 1 is 1.27 bits per heavy atom. The molecule has 2 rings (SSSR count). The summed E-state index contributed by atoms with van der Waals surface area (Å²) in [5.74, 6) is -1.35. The summed E-state index contributed by atoms with van der Waals surface area (Å²) in [6, 6.07) is 8.14. The van der Waals surface area contributed by atoms with E-state index in [9.17, 15) is 14.7 Å². The number of carbonyl (C=O) groups is 2. The second-order valence-corrected chi connectivity index (χ2v) is 6.59. The summed E-state index contributed by atoms with van der Waals surface area (Å²) >= 11 is 0. The lowest BCUT2D eigenvalue weighted by molar-refractivity contribution is -0.146. The molecule has 120 valence electrons. The lowest BCUT2D eigenvalue weighted by Gasteiger charge is -2.39. The number of carboxylic acid groups (broad SMARTS) is 1. The van der Waals surface area contributed by atoms with Crippen LogP contribution in [0, 0.1) is 12.8 Å². The van der Waals surface area contributed by atoms with Crippen molar-refractivity contribution < 1.29 is 14.7 Å². The molecule has 0 bridgehead atoms. The molecular weight excluding hydrogens is 278 g/mol. The van der Waals surface area contributed by atoms with Crippen LogP contribution in [-0.4, -0.2) is 22.5 Å². The van der Waals surface area contributed by atoms with E-state index in [2.05, 4.69) is 5.32 Å². The van der Waals surface area contributed by atoms with Crippen LogP contribution in [0.2, 0.25) is 0 Å². The summed E-state index contributed by atoms with van der Waals surface area (Å²) in [6.45, 7) is 3.90. The van der Waals surface area contributed by atoms with Crippen LogP contribution in [0.25, 0.3) is 0 Å². The summed E-state index contributed by atoms with van der Waals surface area (Å²) in [4.78, 5) is 23.6. The Balaban J connectivity index is 1.92. The number of benzene rings is 1. The van der Waals surface area contributed by atoms with Gasteiger partial charge in [-0.05, 0) is 38.7 Å². The smallest absolute Gasteiger partial charge is 0.308 e.